The molecule has 0 aliphatic rings. The maximum atomic E-state index is 12.6. The van der Waals surface area contributed by atoms with Crippen LogP contribution in [-0.4, -0.2) is 30.4 Å². The fraction of sp³-hybridized carbons (Fsp3) is 0.190. The number of aromatic nitrogens is 2. The lowest BCUT2D eigenvalue weighted by Gasteiger charge is -2.15. The van der Waals surface area contributed by atoms with Crippen molar-refractivity contribution in [2.75, 3.05) is 6.26 Å². The molecule has 0 saturated carbocycles. The molecule has 150 valence electrons. The quantitative estimate of drug-likeness (QED) is 0.670. The molecule has 3 aromatic rings. The van der Waals surface area contributed by atoms with Crippen LogP contribution in [0.2, 0.25) is 0 Å². The minimum absolute atomic E-state index is 0.125. The maximum absolute atomic E-state index is 12.6. The third-order valence-electron chi connectivity index (χ3n) is 4.43. The minimum atomic E-state index is -3.28. The molecular formula is C21H21N3O4S. The lowest BCUT2D eigenvalue weighted by atomic mass is 10.1. The van der Waals surface area contributed by atoms with Gasteiger partial charge in [-0.2, -0.15) is 5.10 Å². The largest absolute Gasteiger partial charge is 0.344 e. The summed E-state index contributed by atoms with van der Waals surface area (Å²) in [6.45, 7) is 2.05. The number of hydrogen-bond acceptors (Lipinski definition) is 5. The fourth-order valence-electron chi connectivity index (χ4n) is 2.80. The molecular weight excluding hydrogens is 390 g/mol. The van der Waals surface area contributed by atoms with E-state index in [0.717, 1.165) is 17.4 Å². The van der Waals surface area contributed by atoms with E-state index in [0.29, 0.717) is 0 Å². The van der Waals surface area contributed by atoms with Gasteiger partial charge in [0.05, 0.1) is 17.5 Å². The van der Waals surface area contributed by atoms with E-state index in [1.54, 1.807) is 19.1 Å². The first-order valence-electron chi connectivity index (χ1n) is 8.97. The van der Waals surface area contributed by atoms with Crippen molar-refractivity contribution in [1.29, 1.82) is 0 Å². The Bertz CT molecular complexity index is 1170. The van der Waals surface area contributed by atoms with Crippen LogP contribution >= 0.6 is 0 Å². The summed E-state index contributed by atoms with van der Waals surface area (Å²) in [4.78, 5) is 24.9. The summed E-state index contributed by atoms with van der Waals surface area (Å²) >= 11 is 0. The molecule has 3 rings (SSSR count). The standard InChI is InChI=1S/C21H21N3O4S/c1-15(17-8-10-18(11-9-17)29(2,27)28)22-21(26)19-12-13-20(25)24(23-19)14-16-6-4-3-5-7-16/h3-13,15H,14H2,1-2H3,(H,22,26)/t15-/m1/s1. The summed E-state index contributed by atoms with van der Waals surface area (Å²) in [6.07, 6.45) is 1.14. The predicted molar refractivity (Wildman–Crippen MR) is 109 cm³/mol. The van der Waals surface area contributed by atoms with Crippen molar-refractivity contribution in [3.8, 4) is 0 Å². The first kappa shape index (κ1) is 20.5. The maximum Gasteiger partial charge on any atom is 0.272 e. The van der Waals surface area contributed by atoms with Gasteiger partial charge >= 0.3 is 0 Å². The van der Waals surface area contributed by atoms with Gasteiger partial charge in [0.1, 0.15) is 5.69 Å². The molecule has 1 atom stereocenters. The van der Waals surface area contributed by atoms with E-state index in [-0.39, 0.29) is 28.7 Å². The van der Waals surface area contributed by atoms with Gasteiger partial charge in [0.25, 0.3) is 11.5 Å². The van der Waals surface area contributed by atoms with Gasteiger partial charge in [0.2, 0.25) is 0 Å². The molecule has 0 fully saturated rings. The number of carbonyl (C=O) groups excluding carboxylic acids is 1. The van der Waals surface area contributed by atoms with Crippen LogP contribution < -0.4 is 10.9 Å². The first-order chi connectivity index (χ1) is 13.7. The molecule has 0 bridgehead atoms. The SMILES string of the molecule is C[C@@H](NC(=O)c1ccc(=O)n(Cc2ccccc2)n1)c1ccc(S(C)(=O)=O)cc1. The third kappa shape index (κ3) is 5.17. The van der Waals surface area contributed by atoms with Crippen molar-refractivity contribution in [2.24, 2.45) is 0 Å². The van der Waals surface area contributed by atoms with Crippen molar-refractivity contribution in [1.82, 2.24) is 15.1 Å². The average molecular weight is 411 g/mol. The van der Waals surface area contributed by atoms with E-state index in [1.807, 2.05) is 30.3 Å². The molecule has 2 aromatic carbocycles. The van der Waals surface area contributed by atoms with Crippen molar-refractivity contribution in [2.45, 2.75) is 24.4 Å². The zero-order valence-corrected chi connectivity index (χ0v) is 16.9. The number of benzene rings is 2. The number of rotatable bonds is 6. The summed E-state index contributed by atoms with van der Waals surface area (Å²) in [7, 11) is -3.28. The van der Waals surface area contributed by atoms with Crippen LogP contribution in [0.3, 0.4) is 0 Å². The zero-order valence-electron chi connectivity index (χ0n) is 16.1. The molecule has 7 nitrogen and oxygen atoms in total. The Morgan fingerprint density at radius 3 is 2.31 bits per heavy atom. The molecule has 0 aliphatic heterocycles. The van der Waals surface area contributed by atoms with Gasteiger partial charge in [-0.15, -0.1) is 0 Å². The van der Waals surface area contributed by atoms with Crippen molar-refractivity contribution in [3.05, 3.63) is 93.9 Å². The molecule has 1 amide bonds. The third-order valence-corrected chi connectivity index (χ3v) is 5.56. The monoisotopic (exact) mass is 411 g/mol. The van der Waals surface area contributed by atoms with Crippen LogP contribution in [0.4, 0.5) is 0 Å². The summed E-state index contributed by atoms with van der Waals surface area (Å²) < 4.78 is 24.4. The molecule has 1 N–H and O–H groups in total. The lowest BCUT2D eigenvalue weighted by Crippen LogP contribution is -2.31. The molecule has 1 heterocycles. The fourth-order valence-corrected chi connectivity index (χ4v) is 3.43. The van der Waals surface area contributed by atoms with Gasteiger partial charge in [-0.1, -0.05) is 42.5 Å². The number of amides is 1. The van der Waals surface area contributed by atoms with Gasteiger partial charge in [-0.05, 0) is 36.2 Å². The van der Waals surface area contributed by atoms with Gasteiger partial charge in [-0.25, -0.2) is 13.1 Å². The molecule has 8 heteroatoms. The second kappa shape index (κ2) is 8.40. The van der Waals surface area contributed by atoms with Crippen LogP contribution in [0.1, 0.15) is 34.6 Å². The summed E-state index contributed by atoms with van der Waals surface area (Å²) in [6, 6.07) is 18.0. The highest BCUT2D eigenvalue weighted by Crippen LogP contribution is 2.16. The Kier molecular flexibility index (Phi) is 5.93. The average Bonchev–Trinajstić information content (AvgIpc) is 2.70. The van der Waals surface area contributed by atoms with E-state index in [2.05, 4.69) is 10.4 Å². The van der Waals surface area contributed by atoms with Gasteiger partial charge in [0.15, 0.2) is 9.84 Å². The Labute approximate surface area is 168 Å². The smallest absolute Gasteiger partial charge is 0.272 e. The topological polar surface area (TPSA) is 98.1 Å². The number of carbonyl (C=O) groups is 1. The van der Waals surface area contributed by atoms with Crippen LogP contribution in [-0.2, 0) is 16.4 Å². The van der Waals surface area contributed by atoms with E-state index in [9.17, 15) is 18.0 Å². The van der Waals surface area contributed by atoms with E-state index in [1.165, 1.54) is 28.9 Å². The summed E-state index contributed by atoms with van der Waals surface area (Å²) in [5.74, 6) is -0.425. The number of nitrogens with zero attached hydrogens (tertiary/aromatic N) is 2. The molecule has 0 spiro atoms. The Hall–Kier alpha value is -3.26. The summed E-state index contributed by atoms with van der Waals surface area (Å²) in [5.41, 5.74) is 1.48. The second-order valence-electron chi connectivity index (χ2n) is 6.74. The van der Waals surface area contributed by atoms with Crippen LogP contribution in [0.15, 0.2) is 76.4 Å². The van der Waals surface area contributed by atoms with E-state index < -0.39 is 15.7 Å². The number of nitrogens with one attached hydrogen (secondary N) is 1. The highest BCUT2D eigenvalue weighted by molar-refractivity contribution is 7.90. The first-order valence-corrected chi connectivity index (χ1v) is 10.9. The normalized spacial score (nSPS) is 12.3. The Morgan fingerprint density at radius 1 is 1.03 bits per heavy atom. The van der Waals surface area contributed by atoms with E-state index >= 15 is 0 Å². The zero-order chi connectivity index (χ0) is 21.0. The van der Waals surface area contributed by atoms with Gasteiger partial charge in [0, 0.05) is 12.3 Å². The highest BCUT2D eigenvalue weighted by Gasteiger charge is 2.15. The number of sulfone groups is 1. The van der Waals surface area contributed by atoms with Crippen molar-refractivity contribution < 1.29 is 13.2 Å². The van der Waals surface area contributed by atoms with Crippen LogP contribution in [0.25, 0.3) is 0 Å². The van der Waals surface area contributed by atoms with Gasteiger partial charge < -0.3 is 5.32 Å². The highest BCUT2D eigenvalue weighted by atomic mass is 32.2. The van der Waals surface area contributed by atoms with Crippen LogP contribution in [0, 0.1) is 0 Å². The molecule has 0 unspecified atom stereocenters. The predicted octanol–water partition coefficient (Wildman–Crippen LogP) is 2.19. The van der Waals surface area contributed by atoms with Crippen LogP contribution in [0.5, 0.6) is 0 Å². The van der Waals surface area contributed by atoms with Crippen molar-refractivity contribution >= 4 is 15.7 Å². The van der Waals surface area contributed by atoms with Gasteiger partial charge in [-0.3, -0.25) is 9.59 Å². The molecule has 0 aliphatic carbocycles. The molecule has 0 saturated heterocycles. The summed E-state index contributed by atoms with van der Waals surface area (Å²) in [5, 5.41) is 6.99. The molecule has 0 radical (unpaired) electrons. The lowest BCUT2D eigenvalue weighted by molar-refractivity contribution is 0.0932. The minimum Gasteiger partial charge on any atom is -0.344 e. The Morgan fingerprint density at radius 2 is 1.69 bits per heavy atom. The molecule has 29 heavy (non-hydrogen) atoms. The molecule has 1 aromatic heterocycles. The van der Waals surface area contributed by atoms with E-state index in [4.69, 9.17) is 0 Å². The number of hydrogen-bond donors (Lipinski definition) is 1. The second-order valence-corrected chi connectivity index (χ2v) is 8.75. The Balaban J connectivity index is 1.75. The van der Waals surface area contributed by atoms with Crippen molar-refractivity contribution in [3.63, 3.8) is 0 Å².